The minimum Gasteiger partial charge on any atom is -0.368 e. The summed E-state index contributed by atoms with van der Waals surface area (Å²) in [5.74, 6) is 0. The van der Waals surface area contributed by atoms with Crippen LogP contribution in [0.1, 0.15) is 46.8 Å². The smallest absolute Gasteiger partial charge is 0.0803 e. The summed E-state index contributed by atoms with van der Waals surface area (Å²) in [4.78, 5) is 0. The molecule has 1 aromatic carbocycles. The molecular formula is C13H22O. The Labute approximate surface area is 88.1 Å². The first kappa shape index (κ1) is 13.2. The molecule has 14 heavy (non-hydrogen) atoms. The fourth-order valence-corrected chi connectivity index (χ4v) is 1.32. The van der Waals surface area contributed by atoms with Crippen LogP contribution in [0.2, 0.25) is 0 Å². The van der Waals surface area contributed by atoms with E-state index in [1.165, 1.54) is 5.56 Å². The van der Waals surface area contributed by atoms with Crippen molar-refractivity contribution in [1.82, 2.24) is 0 Å². The second-order valence-electron chi connectivity index (χ2n) is 4.28. The van der Waals surface area contributed by atoms with E-state index >= 15 is 0 Å². The van der Waals surface area contributed by atoms with Crippen LogP contribution < -0.4 is 0 Å². The van der Waals surface area contributed by atoms with Crippen molar-refractivity contribution in [2.24, 2.45) is 0 Å². The third-order valence-corrected chi connectivity index (χ3v) is 1.80. The molecule has 0 heterocycles. The molecular weight excluding hydrogens is 172 g/mol. The highest BCUT2D eigenvalue weighted by Gasteiger charge is 2.15. The number of hydrogen-bond donors (Lipinski definition) is 0. The molecule has 80 valence electrons. The van der Waals surface area contributed by atoms with Crippen LogP contribution in [-0.2, 0) is 4.74 Å². The normalized spacial score (nSPS) is 13.1. The van der Waals surface area contributed by atoms with Gasteiger partial charge < -0.3 is 4.74 Å². The van der Waals surface area contributed by atoms with Gasteiger partial charge in [-0.15, -0.1) is 0 Å². The molecule has 0 aromatic heterocycles. The maximum absolute atomic E-state index is 5.82. The summed E-state index contributed by atoms with van der Waals surface area (Å²) in [6.45, 7) is 8.31. The van der Waals surface area contributed by atoms with Crippen LogP contribution in [0.15, 0.2) is 30.3 Å². The average molecular weight is 194 g/mol. The molecule has 0 aliphatic rings. The van der Waals surface area contributed by atoms with E-state index < -0.39 is 0 Å². The van der Waals surface area contributed by atoms with E-state index in [0.29, 0.717) is 0 Å². The highest BCUT2D eigenvalue weighted by atomic mass is 16.5. The van der Waals surface area contributed by atoms with Crippen LogP contribution in [0.25, 0.3) is 0 Å². The Morgan fingerprint density at radius 1 is 1.07 bits per heavy atom. The molecule has 0 amide bonds. The molecule has 0 N–H and O–H groups in total. The van der Waals surface area contributed by atoms with Gasteiger partial charge in [-0.2, -0.15) is 0 Å². The lowest BCUT2D eigenvalue weighted by molar-refractivity contribution is -0.0529. The van der Waals surface area contributed by atoms with Gasteiger partial charge in [0.05, 0.1) is 11.7 Å². The Morgan fingerprint density at radius 2 is 1.57 bits per heavy atom. The van der Waals surface area contributed by atoms with Crippen molar-refractivity contribution in [3.05, 3.63) is 35.9 Å². The van der Waals surface area contributed by atoms with Gasteiger partial charge in [-0.3, -0.25) is 0 Å². The van der Waals surface area contributed by atoms with Crippen molar-refractivity contribution < 1.29 is 4.74 Å². The number of rotatable bonds is 2. The fourth-order valence-electron chi connectivity index (χ4n) is 1.32. The summed E-state index contributed by atoms with van der Waals surface area (Å²) in [6, 6.07) is 10.3. The number of hydrogen-bond acceptors (Lipinski definition) is 1. The minimum atomic E-state index is -0.0741. The van der Waals surface area contributed by atoms with Crippen molar-refractivity contribution in [2.45, 2.75) is 46.8 Å². The molecule has 1 heteroatoms. The molecule has 0 radical (unpaired) electrons. The zero-order valence-corrected chi connectivity index (χ0v) is 8.87. The minimum absolute atomic E-state index is 0. The average Bonchev–Trinajstić information content (AvgIpc) is 2.03. The topological polar surface area (TPSA) is 9.23 Å². The van der Waals surface area contributed by atoms with Crippen LogP contribution in [-0.4, -0.2) is 5.60 Å². The molecule has 0 unspecified atom stereocenters. The molecule has 0 bridgehead atoms. The third kappa shape index (κ3) is 4.43. The summed E-state index contributed by atoms with van der Waals surface area (Å²) < 4.78 is 5.82. The maximum Gasteiger partial charge on any atom is 0.0803 e. The van der Waals surface area contributed by atoms with Crippen molar-refractivity contribution in [1.29, 1.82) is 0 Å². The predicted molar refractivity (Wildman–Crippen MR) is 62.4 cm³/mol. The predicted octanol–water partition coefficient (Wildman–Crippen LogP) is 4.20. The van der Waals surface area contributed by atoms with Crippen molar-refractivity contribution in [3.63, 3.8) is 0 Å². The molecule has 0 aliphatic carbocycles. The third-order valence-electron chi connectivity index (χ3n) is 1.80. The van der Waals surface area contributed by atoms with Gasteiger partial charge >= 0.3 is 0 Å². The molecule has 1 aromatic rings. The van der Waals surface area contributed by atoms with Crippen LogP contribution in [0.5, 0.6) is 0 Å². The van der Waals surface area contributed by atoms with Crippen LogP contribution >= 0.6 is 0 Å². The van der Waals surface area contributed by atoms with E-state index in [9.17, 15) is 0 Å². The Hall–Kier alpha value is -0.820. The van der Waals surface area contributed by atoms with E-state index in [0.717, 1.165) is 0 Å². The first-order valence-corrected chi connectivity index (χ1v) is 4.72. The molecule has 1 rings (SSSR count). The zero-order chi connectivity index (χ0) is 9.90. The Balaban J connectivity index is 0.00000169. The van der Waals surface area contributed by atoms with E-state index in [2.05, 4.69) is 39.8 Å². The van der Waals surface area contributed by atoms with E-state index in [-0.39, 0.29) is 19.1 Å². The second-order valence-corrected chi connectivity index (χ2v) is 4.28. The molecule has 1 nitrogen and oxygen atoms in total. The molecule has 1 atom stereocenters. The Morgan fingerprint density at radius 3 is 2.00 bits per heavy atom. The second kappa shape index (κ2) is 5.16. The van der Waals surface area contributed by atoms with Gasteiger partial charge in [-0.1, -0.05) is 37.8 Å². The lowest BCUT2D eigenvalue weighted by atomic mass is 10.1. The first-order valence-electron chi connectivity index (χ1n) is 4.72. The summed E-state index contributed by atoms with van der Waals surface area (Å²) in [5.41, 5.74) is 1.16. The Kier molecular flexibility index (Phi) is 4.86. The lowest BCUT2D eigenvalue weighted by Gasteiger charge is -2.25. The van der Waals surface area contributed by atoms with E-state index in [1.54, 1.807) is 0 Å². The highest BCUT2D eigenvalue weighted by molar-refractivity contribution is 5.16. The summed E-state index contributed by atoms with van der Waals surface area (Å²) in [6.07, 6.45) is 0.168. The number of benzene rings is 1. The van der Waals surface area contributed by atoms with Gasteiger partial charge in [0.15, 0.2) is 0 Å². The zero-order valence-electron chi connectivity index (χ0n) is 8.87. The fraction of sp³-hybridized carbons (Fsp3) is 0.538. The molecule has 0 saturated heterocycles. The van der Waals surface area contributed by atoms with Gasteiger partial charge in [0, 0.05) is 0 Å². The molecule has 0 spiro atoms. The van der Waals surface area contributed by atoms with Crippen molar-refractivity contribution in [3.8, 4) is 0 Å². The monoisotopic (exact) mass is 194 g/mol. The number of ether oxygens (including phenoxy) is 1. The van der Waals surface area contributed by atoms with Gasteiger partial charge in [-0.05, 0) is 33.3 Å². The summed E-state index contributed by atoms with van der Waals surface area (Å²) in [7, 11) is 0. The Bertz CT molecular complexity index is 246. The van der Waals surface area contributed by atoms with Gasteiger partial charge in [-0.25, -0.2) is 0 Å². The van der Waals surface area contributed by atoms with E-state index in [4.69, 9.17) is 4.74 Å². The maximum atomic E-state index is 5.82. The first-order chi connectivity index (χ1) is 5.99. The van der Waals surface area contributed by atoms with Gasteiger partial charge in [0.1, 0.15) is 0 Å². The van der Waals surface area contributed by atoms with Crippen molar-refractivity contribution >= 4 is 0 Å². The quantitative estimate of drug-likeness (QED) is 0.685. The molecule has 0 saturated carbocycles. The molecule has 0 aliphatic heterocycles. The van der Waals surface area contributed by atoms with Gasteiger partial charge in [0.2, 0.25) is 0 Å². The van der Waals surface area contributed by atoms with Crippen LogP contribution in [0, 0.1) is 0 Å². The largest absolute Gasteiger partial charge is 0.368 e. The molecule has 0 fully saturated rings. The summed E-state index contributed by atoms with van der Waals surface area (Å²) >= 11 is 0. The SMILES string of the molecule is C.C[C@H](OC(C)(C)C)c1ccccc1. The van der Waals surface area contributed by atoms with E-state index in [1.807, 2.05) is 18.2 Å². The van der Waals surface area contributed by atoms with Crippen LogP contribution in [0.4, 0.5) is 0 Å². The highest BCUT2D eigenvalue weighted by Crippen LogP contribution is 2.22. The van der Waals surface area contributed by atoms with Crippen molar-refractivity contribution in [2.75, 3.05) is 0 Å². The van der Waals surface area contributed by atoms with Crippen LogP contribution in [0.3, 0.4) is 0 Å². The lowest BCUT2D eigenvalue weighted by Crippen LogP contribution is -2.21. The standard InChI is InChI=1S/C12H18O.CH4/c1-10(13-12(2,3)4)11-8-6-5-7-9-11;/h5-10H,1-4H3;1H4/t10-;/m0./s1. The summed E-state index contributed by atoms with van der Waals surface area (Å²) in [5, 5.41) is 0. The van der Waals surface area contributed by atoms with Gasteiger partial charge in [0.25, 0.3) is 0 Å².